The maximum Gasteiger partial charge on any atom is 0.166 e. The zero-order valence-corrected chi connectivity index (χ0v) is 9.36. The van der Waals surface area contributed by atoms with Crippen LogP contribution in [0, 0.1) is 23.0 Å². The van der Waals surface area contributed by atoms with Gasteiger partial charge in [-0.25, -0.2) is 8.78 Å². The van der Waals surface area contributed by atoms with Gasteiger partial charge >= 0.3 is 0 Å². The molecule has 0 atom stereocenters. The van der Waals surface area contributed by atoms with Crippen LogP contribution in [0.25, 0.3) is 0 Å². The molecular formula is C14H9F2NO. The molecule has 0 fully saturated rings. The van der Waals surface area contributed by atoms with Gasteiger partial charge in [-0.1, -0.05) is 12.1 Å². The number of hydrogen-bond donors (Lipinski definition) is 0. The van der Waals surface area contributed by atoms with E-state index in [1.807, 2.05) is 6.07 Å². The molecule has 2 rings (SSSR count). The number of halogens is 2. The smallest absolute Gasteiger partial charge is 0.166 e. The molecule has 0 spiro atoms. The summed E-state index contributed by atoms with van der Waals surface area (Å²) in [7, 11) is 0. The van der Waals surface area contributed by atoms with Crippen LogP contribution >= 0.6 is 0 Å². The lowest BCUT2D eigenvalue weighted by molar-refractivity contribution is 0.290. The van der Waals surface area contributed by atoms with Crippen LogP contribution < -0.4 is 4.74 Å². The number of hydrogen-bond acceptors (Lipinski definition) is 2. The number of ether oxygens (including phenoxy) is 1. The zero-order chi connectivity index (χ0) is 13.0. The Morgan fingerprint density at radius 1 is 1.06 bits per heavy atom. The molecule has 2 aromatic carbocycles. The van der Waals surface area contributed by atoms with Gasteiger partial charge in [0.1, 0.15) is 12.4 Å². The van der Waals surface area contributed by atoms with E-state index in [1.165, 1.54) is 24.3 Å². The Bertz CT molecular complexity index is 588. The van der Waals surface area contributed by atoms with E-state index in [0.717, 1.165) is 11.6 Å². The molecule has 4 heteroatoms. The van der Waals surface area contributed by atoms with Gasteiger partial charge in [0.05, 0.1) is 11.6 Å². The minimum absolute atomic E-state index is 0.0679. The standard InChI is InChI=1S/C14H9F2NO/c15-12-4-1-10(2-5-12)9-18-14-6-3-11(8-17)7-13(14)16/h1-7H,9H2. The van der Waals surface area contributed by atoms with Crippen LogP contribution in [0.5, 0.6) is 5.75 Å². The quantitative estimate of drug-likeness (QED) is 0.830. The van der Waals surface area contributed by atoms with E-state index in [-0.39, 0.29) is 23.7 Å². The van der Waals surface area contributed by atoms with Gasteiger partial charge in [0.2, 0.25) is 0 Å². The van der Waals surface area contributed by atoms with Crippen molar-refractivity contribution in [2.45, 2.75) is 6.61 Å². The van der Waals surface area contributed by atoms with Gasteiger partial charge in [0.25, 0.3) is 0 Å². The minimum atomic E-state index is -0.587. The van der Waals surface area contributed by atoms with E-state index in [2.05, 4.69) is 0 Å². The molecule has 0 aliphatic rings. The van der Waals surface area contributed by atoms with Gasteiger partial charge in [0, 0.05) is 0 Å². The highest BCUT2D eigenvalue weighted by Gasteiger charge is 2.05. The highest BCUT2D eigenvalue weighted by molar-refractivity contribution is 5.36. The molecule has 0 heterocycles. The molecule has 0 saturated carbocycles. The second-order valence-corrected chi connectivity index (χ2v) is 3.67. The van der Waals surface area contributed by atoms with Crippen molar-refractivity contribution in [3.05, 3.63) is 65.2 Å². The molecule has 0 aliphatic carbocycles. The first kappa shape index (κ1) is 12.1. The van der Waals surface area contributed by atoms with Gasteiger partial charge in [-0.05, 0) is 35.9 Å². The summed E-state index contributed by atoms with van der Waals surface area (Å²) in [5.74, 6) is -0.849. The first-order chi connectivity index (χ1) is 8.69. The normalized spacial score (nSPS) is 9.83. The number of nitrogens with zero attached hydrogens (tertiary/aromatic N) is 1. The van der Waals surface area contributed by atoms with Crippen molar-refractivity contribution < 1.29 is 13.5 Å². The van der Waals surface area contributed by atoms with E-state index in [1.54, 1.807) is 12.1 Å². The number of nitriles is 1. The molecule has 90 valence electrons. The van der Waals surface area contributed by atoms with Gasteiger partial charge < -0.3 is 4.74 Å². The van der Waals surface area contributed by atoms with Crippen LogP contribution in [-0.4, -0.2) is 0 Å². The van der Waals surface area contributed by atoms with E-state index in [9.17, 15) is 8.78 Å². The van der Waals surface area contributed by atoms with Gasteiger partial charge in [-0.2, -0.15) is 5.26 Å². The predicted octanol–water partition coefficient (Wildman–Crippen LogP) is 3.42. The van der Waals surface area contributed by atoms with Crippen LogP contribution in [0.4, 0.5) is 8.78 Å². The van der Waals surface area contributed by atoms with Crippen molar-refractivity contribution in [2.24, 2.45) is 0 Å². The van der Waals surface area contributed by atoms with E-state index in [4.69, 9.17) is 10.00 Å². The summed E-state index contributed by atoms with van der Waals surface area (Å²) in [5, 5.41) is 8.59. The summed E-state index contributed by atoms with van der Waals surface area (Å²) in [6.45, 7) is 0.142. The van der Waals surface area contributed by atoms with Crippen molar-refractivity contribution in [3.63, 3.8) is 0 Å². The lowest BCUT2D eigenvalue weighted by Crippen LogP contribution is -1.97. The molecule has 0 amide bonds. The van der Waals surface area contributed by atoms with Crippen molar-refractivity contribution in [3.8, 4) is 11.8 Å². The summed E-state index contributed by atoms with van der Waals surface area (Å²) in [5.41, 5.74) is 0.974. The molecule has 0 N–H and O–H groups in total. The Labute approximate surface area is 103 Å². The Morgan fingerprint density at radius 3 is 2.39 bits per heavy atom. The highest BCUT2D eigenvalue weighted by atomic mass is 19.1. The average Bonchev–Trinajstić information content (AvgIpc) is 2.39. The Hall–Kier alpha value is -2.41. The molecular weight excluding hydrogens is 236 g/mol. The van der Waals surface area contributed by atoms with E-state index >= 15 is 0 Å². The average molecular weight is 245 g/mol. The van der Waals surface area contributed by atoms with Gasteiger partial charge in [0.15, 0.2) is 11.6 Å². The van der Waals surface area contributed by atoms with Crippen molar-refractivity contribution >= 4 is 0 Å². The molecule has 18 heavy (non-hydrogen) atoms. The second kappa shape index (κ2) is 5.28. The third kappa shape index (κ3) is 2.83. The summed E-state index contributed by atoms with van der Waals surface area (Å²) in [6, 6.07) is 11.6. The molecule has 0 unspecified atom stereocenters. The number of rotatable bonds is 3. The van der Waals surface area contributed by atoms with Gasteiger partial charge in [-0.3, -0.25) is 0 Å². The van der Waals surface area contributed by atoms with Crippen LogP contribution in [0.2, 0.25) is 0 Å². The van der Waals surface area contributed by atoms with Crippen LogP contribution in [0.15, 0.2) is 42.5 Å². The summed E-state index contributed by atoms with van der Waals surface area (Å²) in [6.07, 6.45) is 0. The van der Waals surface area contributed by atoms with Crippen molar-refractivity contribution in [1.29, 1.82) is 5.26 Å². The Kier molecular flexibility index (Phi) is 3.54. The van der Waals surface area contributed by atoms with Crippen molar-refractivity contribution in [2.75, 3.05) is 0 Å². The fourth-order valence-electron chi connectivity index (χ4n) is 1.43. The SMILES string of the molecule is N#Cc1ccc(OCc2ccc(F)cc2)c(F)c1. The largest absolute Gasteiger partial charge is 0.486 e. The molecule has 0 bridgehead atoms. The highest BCUT2D eigenvalue weighted by Crippen LogP contribution is 2.19. The molecule has 0 aliphatic heterocycles. The molecule has 0 aromatic heterocycles. The molecule has 2 aromatic rings. The Morgan fingerprint density at radius 2 is 1.78 bits per heavy atom. The zero-order valence-electron chi connectivity index (χ0n) is 9.36. The van der Waals surface area contributed by atoms with E-state index in [0.29, 0.717) is 0 Å². The lowest BCUT2D eigenvalue weighted by Gasteiger charge is -2.07. The first-order valence-corrected chi connectivity index (χ1v) is 5.26. The third-order valence-electron chi connectivity index (χ3n) is 2.37. The predicted molar refractivity (Wildman–Crippen MR) is 61.8 cm³/mol. The van der Waals surface area contributed by atoms with Crippen LogP contribution in [0.3, 0.4) is 0 Å². The minimum Gasteiger partial charge on any atom is -0.486 e. The maximum atomic E-state index is 13.5. The monoisotopic (exact) mass is 245 g/mol. The number of benzene rings is 2. The topological polar surface area (TPSA) is 33.0 Å². The van der Waals surface area contributed by atoms with E-state index < -0.39 is 5.82 Å². The molecule has 0 radical (unpaired) electrons. The summed E-state index contributed by atoms with van der Waals surface area (Å²) in [4.78, 5) is 0. The first-order valence-electron chi connectivity index (χ1n) is 5.26. The third-order valence-corrected chi connectivity index (χ3v) is 2.37. The fourth-order valence-corrected chi connectivity index (χ4v) is 1.43. The summed E-state index contributed by atoms with van der Waals surface area (Å²) < 4.78 is 31.4. The molecule has 0 saturated heterocycles. The van der Waals surface area contributed by atoms with Crippen LogP contribution in [-0.2, 0) is 6.61 Å². The lowest BCUT2D eigenvalue weighted by atomic mass is 10.2. The Balaban J connectivity index is 2.06. The fraction of sp³-hybridized carbons (Fsp3) is 0.0714. The summed E-state index contributed by atoms with van der Waals surface area (Å²) >= 11 is 0. The molecule has 2 nitrogen and oxygen atoms in total. The second-order valence-electron chi connectivity index (χ2n) is 3.67. The van der Waals surface area contributed by atoms with Crippen LogP contribution in [0.1, 0.15) is 11.1 Å². The maximum absolute atomic E-state index is 13.5. The van der Waals surface area contributed by atoms with Gasteiger partial charge in [-0.15, -0.1) is 0 Å². The van der Waals surface area contributed by atoms with Crippen molar-refractivity contribution in [1.82, 2.24) is 0 Å².